The number of nitrogens with zero attached hydrogens (tertiary/aromatic N) is 6. The van der Waals surface area contributed by atoms with Gasteiger partial charge in [0.15, 0.2) is 11.6 Å². The van der Waals surface area contributed by atoms with E-state index in [1.807, 2.05) is 26.8 Å². The molecule has 2 aromatic heterocycles. The summed E-state index contributed by atoms with van der Waals surface area (Å²) in [6.45, 7) is 9.00. The molecule has 2 atom stereocenters. The summed E-state index contributed by atoms with van der Waals surface area (Å²) in [5.74, 6) is 0.353. The Morgan fingerprint density at radius 1 is 1.07 bits per heavy atom. The lowest BCUT2D eigenvalue weighted by molar-refractivity contribution is 0.0949. The maximum absolute atomic E-state index is 13.7. The van der Waals surface area contributed by atoms with Gasteiger partial charge < -0.3 is 19.5 Å². The Kier molecular flexibility index (Phi) is 8.95. The maximum Gasteiger partial charge on any atom is 0.243 e. The Balaban J connectivity index is 1.80. The van der Waals surface area contributed by atoms with E-state index in [0.29, 0.717) is 5.56 Å². The van der Waals surface area contributed by atoms with E-state index in [1.165, 1.54) is 31.8 Å². The van der Waals surface area contributed by atoms with Crippen LogP contribution < -0.4 is 14.4 Å². The smallest absolute Gasteiger partial charge is 0.243 e. The number of sulfonamides is 1. The number of rotatable bonds is 12. The van der Waals surface area contributed by atoms with E-state index in [1.54, 1.807) is 30.6 Å². The van der Waals surface area contributed by atoms with E-state index >= 15 is 0 Å². The Hall–Kier alpha value is -4.41. The third kappa shape index (κ3) is 6.03. The number of para-hydroxylation sites is 1. The fourth-order valence-electron chi connectivity index (χ4n) is 4.33. The minimum Gasteiger partial charge on any atom is -0.506 e. The second kappa shape index (κ2) is 12.4. The predicted octanol–water partition coefficient (Wildman–Crippen LogP) is 3.71. The number of aromatic nitrogens is 5. The fourth-order valence-corrected chi connectivity index (χ4v) is 5.46. The summed E-state index contributed by atoms with van der Waals surface area (Å²) in [7, 11) is -1.33. The molecule has 216 valence electrons. The zero-order valence-corrected chi connectivity index (χ0v) is 24.6. The van der Waals surface area contributed by atoms with E-state index in [0.717, 1.165) is 24.3 Å². The molecule has 2 N–H and O–H groups in total. The minimum absolute atomic E-state index is 0.145. The molecule has 0 aliphatic rings. The standard InChI is InChI=1S/C28H33N7O5S/c1-7-34(8-2)21-14-12-20(13-15-21)27-31-32-28(35(27)24-22(36)10-9-11-23(24)39-5)33-41(37,38)19(4)25(40-6)26-29-16-18(3)17-30-26/h9-12,14,16-17,19,25,36H,7-8H2,1-6H3,(H,32,33)/t19-,25-/m0/s1. The van der Waals surface area contributed by atoms with Crippen molar-refractivity contribution < 1.29 is 23.0 Å². The molecule has 2 aromatic carbocycles. The number of ether oxygens (including phenoxy) is 2. The number of nitrogens with one attached hydrogen (secondary N) is 1. The van der Waals surface area contributed by atoms with Crippen LogP contribution in [0.2, 0.25) is 0 Å². The number of phenols is 1. The van der Waals surface area contributed by atoms with Gasteiger partial charge in [0.05, 0.1) is 18.4 Å². The van der Waals surface area contributed by atoms with E-state index in [-0.39, 0.29) is 34.8 Å². The molecule has 0 fully saturated rings. The van der Waals surface area contributed by atoms with Gasteiger partial charge >= 0.3 is 0 Å². The van der Waals surface area contributed by atoms with Gasteiger partial charge in [-0.25, -0.2) is 18.4 Å². The molecule has 0 unspecified atom stereocenters. The summed E-state index contributed by atoms with van der Waals surface area (Å²) >= 11 is 0. The Morgan fingerprint density at radius 2 is 1.78 bits per heavy atom. The van der Waals surface area contributed by atoms with Crippen molar-refractivity contribution in [3.05, 3.63) is 66.2 Å². The van der Waals surface area contributed by atoms with Gasteiger partial charge in [-0.05, 0) is 63.6 Å². The minimum atomic E-state index is -4.16. The number of benzene rings is 1. The van der Waals surface area contributed by atoms with Crippen molar-refractivity contribution in [2.24, 2.45) is 0 Å². The third-order valence-corrected chi connectivity index (χ3v) is 8.31. The van der Waals surface area contributed by atoms with Crippen LogP contribution >= 0.6 is 0 Å². The van der Waals surface area contributed by atoms with Crippen LogP contribution in [0.4, 0.5) is 11.6 Å². The van der Waals surface area contributed by atoms with Crippen LogP contribution in [0, 0.1) is 19.1 Å². The summed E-state index contributed by atoms with van der Waals surface area (Å²) in [5.41, 5.74) is 2.30. The highest BCUT2D eigenvalue weighted by Crippen LogP contribution is 2.37. The quantitative estimate of drug-likeness (QED) is 0.255. The molecular weight excluding hydrogens is 546 g/mol. The predicted molar refractivity (Wildman–Crippen MR) is 155 cm³/mol. The van der Waals surface area contributed by atoms with Crippen LogP contribution in [0.1, 0.15) is 38.3 Å². The molecule has 0 amide bonds. The molecule has 4 aromatic rings. The number of methoxy groups -OCH3 is 2. The van der Waals surface area contributed by atoms with E-state index in [4.69, 9.17) is 9.47 Å². The Labute approximate surface area is 240 Å². The maximum atomic E-state index is 13.7. The van der Waals surface area contributed by atoms with E-state index in [9.17, 15) is 13.5 Å². The topological polar surface area (TPSA) is 145 Å². The van der Waals surface area contributed by atoms with Gasteiger partial charge in [0.25, 0.3) is 0 Å². The largest absolute Gasteiger partial charge is 0.506 e. The highest BCUT2D eigenvalue weighted by molar-refractivity contribution is 7.93. The molecule has 0 saturated carbocycles. The third-order valence-electron chi connectivity index (χ3n) is 6.62. The van der Waals surface area contributed by atoms with Crippen molar-refractivity contribution in [2.75, 3.05) is 36.9 Å². The number of aryl methyl sites for hydroxylation is 1. The van der Waals surface area contributed by atoms with Crippen molar-refractivity contribution in [3.8, 4) is 28.6 Å². The summed E-state index contributed by atoms with van der Waals surface area (Å²) in [5, 5.41) is 18.2. The van der Waals surface area contributed by atoms with Gasteiger partial charge in [-0.2, -0.15) is 0 Å². The number of hydrogen-bond acceptors (Lipinski definition) is 10. The van der Waals surface area contributed by atoms with Crippen molar-refractivity contribution in [2.45, 2.75) is 39.0 Å². The molecule has 0 aliphatic carbocycles. The van der Waals surface area contributed by atoms with Crippen LogP contribution in [0.25, 0.3) is 17.1 Å². The molecule has 0 radical (unpaired) electrons. The second-order valence-electron chi connectivity index (χ2n) is 9.19. The Morgan fingerprint density at radius 3 is 2.37 bits per heavy atom. The zero-order chi connectivity index (χ0) is 29.7. The first-order valence-corrected chi connectivity index (χ1v) is 14.5. The molecule has 0 spiro atoms. The lowest BCUT2D eigenvalue weighted by Crippen LogP contribution is -2.33. The molecule has 0 saturated heterocycles. The number of hydrogen-bond donors (Lipinski definition) is 2. The summed E-state index contributed by atoms with van der Waals surface area (Å²) in [6, 6.07) is 14.6. The van der Waals surface area contributed by atoms with E-state index in [2.05, 4.69) is 41.9 Å². The van der Waals surface area contributed by atoms with Gasteiger partial charge in [-0.1, -0.05) is 12.1 Å². The van der Waals surface area contributed by atoms with E-state index < -0.39 is 21.4 Å². The summed E-state index contributed by atoms with van der Waals surface area (Å²) in [4.78, 5) is 10.6. The summed E-state index contributed by atoms with van der Waals surface area (Å²) < 4.78 is 42.2. The first-order chi connectivity index (χ1) is 19.6. The van der Waals surface area contributed by atoms with Crippen LogP contribution in [-0.4, -0.2) is 70.8 Å². The number of phenolic OH excluding ortho intramolecular Hbond substituents is 1. The molecule has 4 rings (SSSR count). The number of anilines is 2. The van der Waals surface area contributed by atoms with Crippen molar-refractivity contribution in [1.29, 1.82) is 0 Å². The molecule has 12 nitrogen and oxygen atoms in total. The average molecular weight is 580 g/mol. The molecule has 13 heteroatoms. The Bertz CT molecular complexity index is 1570. The van der Waals surface area contributed by atoms with Crippen LogP contribution in [0.3, 0.4) is 0 Å². The lowest BCUT2D eigenvalue weighted by Gasteiger charge is -2.22. The average Bonchev–Trinajstić information content (AvgIpc) is 3.37. The van der Waals surface area contributed by atoms with Gasteiger partial charge in [0, 0.05) is 32.6 Å². The highest BCUT2D eigenvalue weighted by Gasteiger charge is 2.35. The summed E-state index contributed by atoms with van der Waals surface area (Å²) in [6.07, 6.45) is 2.21. The highest BCUT2D eigenvalue weighted by atomic mass is 32.2. The van der Waals surface area contributed by atoms with Gasteiger partial charge in [0.2, 0.25) is 16.0 Å². The van der Waals surface area contributed by atoms with Gasteiger partial charge in [-0.15, -0.1) is 10.2 Å². The van der Waals surface area contributed by atoms with Gasteiger partial charge in [0.1, 0.15) is 28.5 Å². The molecule has 0 bridgehead atoms. The van der Waals surface area contributed by atoms with Crippen molar-refractivity contribution in [3.63, 3.8) is 0 Å². The zero-order valence-electron chi connectivity index (χ0n) is 23.8. The first kappa shape index (κ1) is 29.6. The monoisotopic (exact) mass is 579 g/mol. The van der Waals surface area contributed by atoms with Crippen LogP contribution in [0.15, 0.2) is 42.7 Å². The normalized spacial score (nSPS) is 12.8. The molecule has 2 heterocycles. The number of aromatic hydroxyl groups is 1. The molecular formula is C28H33N7O5S. The van der Waals surface area contributed by atoms with Crippen molar-refractivity contribution in [1.82, 2.24) is 24.7 Å². The van der Waals surface area contributed by atoms with Gasteiger partial charge in [-0.3, -0.25) is 9.29 Å². The first-order valence-electron chi connectivity index (χ1n) is 13.0. The molecule has 41 heavy (non-hydrogen) atoms. The fraction of sp³-hybridized carbons (Fsp3) is 0.357. The lowest BCUT2D eigenvalue weighted by atomic mass is 10.2. The van der Waals surface area contributed by atoms with Crippen molar-refractivity contribution >= 4 is 21.7 Å². The second-order valence-corrected chi connectivity index (χ2v) is 11.2. The molecule has 0 aliphatic heterocycles. The van der Waals surface area contributed by atoms with Crippen LogP contribution in [-0.2, 0) is 14.8 Å². The SMILES string of the molecule is CCN(CC)c1c#cc(-c2nnc(NS(=O)(=O)[C@@H](C)[C@H](OC)c3ncc(C)cn3)n2-c2c(O)cccc2OC)cc1. The van der Waals surface area contributed by atoms with Crippen LogP contribution in [0.5, 0.6) is 11.5 Å².